The number of rotatable bonds is 1. The lowest BCUT2D eigenvalue weighted by Gasteiger charge is -2.32. The topological polar surface area (TPSA) is 85.2 Å². The lowest BCUT2D eigenvalue weighted by Crippen LogP contribution is -2.36. The number of cyclic esters (lactones) is 1. The van der Waals surface area contributed by atoms with Gasteiger partial charge in [0.1, 0.15) is 6.10 Å². The van der Waals surface area contributed by atoms with E-state index < -0.39 is 35.5 Å². The third-order valence-corrected chi connectivity index (χ3v) is 3.77. The highest BCUT2D eigenvalue weighted by Crippen LogP contribution is 2.40. The van der Waals surface area contributed by atoms with E-state index >= 15 is 0 Å². The minimum Gasteiger partial charge on any atom is -0.505 e. The number of carbonyl (C=O) groups excluding carboxylic acids is 1. The van der Waals surface area contributed by atoms with Crippen molar-refractivity contribution < 1.29 is 29.2 Å². The van der Waals surface area contributed by atoms with Crippen LogP contribution in [-0.4, -0.2) is 40.8 Å². The third kappa shape index (κ3) is 1.76. The Bertz CT molecular complexity index is 395. The lowest BCUT2D eigenvalue weighted by atomic mass is 9.94. The SMILES string of the molecule is O=C1O[C@H]([C@@H]2COC3(CCCCC3)O2)C(O)=C1O. The molecular weight excluding hydrogens is 240 g/mol. The van der Waals surface area contributed by atoms with Crippen molar-refractivity contribution in [2.75, 3.05) is 6.61 Å². The van der Waals surface area contributed by atoms with E-state index in [0.717, 1.165) is 25.7 Å². The maximum Gasteiger partial charge on any atom is 0.377 e. The van der Waals surface area contributed by atoms with Gasteiger partial charge in [-0.2, -0.15) is 0 Å². The largest absolute Gasteiger partial charge is 0.505 e. The minimum atomic E-state index is -0.946. The van der Waals surface area contributed by atoms with E-state index in [2.05, 4.69) is 0 Å². The number of esters is 1. The van der Waals surface area contributed by atoms with Crippen molar-refractivity contribution in [2.45, 2.75) is 50.1 Å². The quantitative estimate of drug-likeness (QED) is 0.688. The molecule has 18 heavy (non-hydrogen) atoms. The van der Waals surface area contributed by atoms with Gasteiger partial charge in [-0.05, 0) is 12.8 Å². The van der Waals surface area contributed by atoms with Gasteiger partial charge in [0, 0.05) is 12.8 Å². The first-order valence-electron chi connectivity index (χ1n) is 6.26. The second-order valence-corrected chi connectivity index (χ2v) is 5.00. The minimum absolute atomic E-state index is 0.259. The fourth-order valence-corrected chi connectivity index (χ4v) is 2.80. The summed E-state index contributed by atoms with van der Waals surface area (Å²) in [7, 11) is 0. The molecule has 100 valence electrons. The van der Waals surface area contributed by atoms with Crippen LogP contribution in [0.5, 0.6) is 0 Å². The summed E-state index contributed by atoms with van der Waals surface area (Å²) in [5, 5.41) is 18.9. The number of hydrogen-bond acceptors (Lipinski definition) is 6. The Morgan fingerprint density at radius 2 is 1.89 bits per heavy atom. The molecule has 0 aromatic heterocycles. The van der Waals surface area contributed by atoms with E-state index in [1.54, 1.807) is 0 Å². The Balaban J connectivity index is 1.71. The molecule has 3 aliphatic rings. The van der Waals surface area contributed by atoms with E-state index in [4.69, 9.17) is 14.2 Å². The monoisotopic (exact) mass is 256 g/mol. The van der Waals surface area contributed by atoms with Gasteiger partial charge in [0.2, 0.25) is 5.76 Å². The zero-order valence-electron chi connectivity index (χ0n) is 9.92. The van der Waals surface area contributed by atoms with Crippen LogP contribution in [0.3, 0.4) is 0 Å². The summed E-state index contributed by atoms with van der Waals surface area (Å²) in [6.45, 7) is 0.259. The Morgan fingerprint density at radius 1 is 1.17 bits per heavy atom. The predicted octanol–water partition coefficient (Wildman–Crippen LogP) is 1.32. The van der Waals surface area contributed by atoms with Crippen molar-refractivity contribution in [3.8, 4) is 0 Å². The number of carbonyl (C=O) groups is 1. The molecule has 2 atom stereocenters. The number of aliphatic hydroxyl groups excluding tert-OH is 2. The van der Waals surface area contributed by atoms with E-state index in [9.17, 15) is 15.0 Å². The first kappa shape index (κ1) is 11.8. The molecule has 6 heteroatoms. The van der Waals surface area contributed by atoms with Gasteiger partial charge in [-0.25, -0.2) is 4.79 Å². The van der Waals surface area contributed by atoms with Crippen LogP contribution in [0.15, 0.2) is 11.5 Å². The summed E-state index contributed by atoms with van der Waals surface area (Å²) in [5.74, 6) is -2.69. The Labute approximate surface area is 104 Å². The van der Waals surface area contributed by atoms with Gasteiger partial charge in [0.25, 0.3) is 0 Å². The first-order chi connectivity index (χ1) is 8.61. The van der Waals surface area contributed by atoms with Gasteiger partial charge in [-0.3, -0.25) is 0 Å². The Kier molecular flexibility index (Phi) is 2.71. The zero-order chi connectivity index (χ0) is 12.8. The summed E-state index contributed by atoms with van der Waals surface area (Å²) in [4.78, 5) is 11.1. The third-order valence-electron chi connectivity index (χ3n) is 3.77. The normalized spacial score (nSPS) is 35.2. The lowest BCUT2D eigenvalue weighted by molar-refractivity contribution is -0.197. The first-order valence-corrected chi connectivity index (χ1v) is 6.26. The fourth-order valence-electron chi connectivity index (χ4n) is 2.80. The average Bonchev–Trinajstić information content (AvgIpc) is 2.88. The Morgan fingerprint density at radius 3 is 2.50 bits per heavy atom. The smallest absolute Gasteiger partial charge is 0.377 e. The van der Waals surface area contributed by atoms with Crippen molar-refractivity contribution in [3.63, 3.8) is 0 Å². The molecule has 0 amide bonds. The molecule has 2 heterocycles. The van der Waals surface area contributed by atoms with Crippen molar-refractivity contribution in [3.05, 3.63) is 11.5 Å². The van der Waals surface area contributed by atoms with Crippen LogP contribution in [0.1, 0.15) is 32.1 Å². The molecule has 1 saturated carbocycles. The maximum absolute atomic E-state index is 11.1. The molecule has 0 aromatic rings. The van der Waals surface area contributed by atoms with Gasteiger partial charge in [0.05, 0.1) is 6.61 Å². The summed E-state index contributed by atoms with van der Waals surface area (Å²) >= 11 is 0. The van der Waals surface area contributed by atoms with Gasteiger partial charge in [0.15, 0.2) is 17.7 Å². The highest BCUT2D eigenvalue weighted by atomic mass is 16.8. The number of aliphatic hydroxyl groups is 2. The van der Waals surface area contributed by atoms with Crippen molar-refractivity contribution >= 4 is 5.97 Å². The van der Waals surface area contributed by atoms with Crippen LogP contribution >= 0.6 is 0 Å². The molecule has 6 nitrogen and oxygen atoms in total. The van der Waals surface area contributed by atoms with Gasteiger partial charge < -0.3 is 24.4 Å². The van der Waals surface area contributed by atoms with Crippen LogP contribution in [0.25, 0.3) is 0 Å². The molecular formula is C12H16O6. The molecule has 1 saturated heterocycles. The standard InChI is InChI=1S/C12H16O6/c13-8-9(14)11(15)17-10(8)7-6-16-12(18-7)4-2-1-3-5-12/h7,10,13-14H,1-6H2/t7-,10+/m0/s1. The number of ether oxygens (including phenoxy) is 3. The molecule has 1 spiro atoms. The van der Waals surface area contributed by atoms with Crippen LogP contribution in [0.4, 0.5) is 0 Å². The van der Waals surface area contributed by atoms with Crippen LogP contribution in [-0.2, 0) is 19.0 Å². The van der Waals surface area contributed by atoms with Crippen LogP contribution < -0.4 is 0 Å². The van der Waals surface area contributed by atoms with Crippen molar-refractivity contribution in [1.29, 1.82) is 0 Å². The van der Waals surface area contributed by atoms with Crippen LogP contribution in [0, 0.1) is 0 Å². The Hall–Kier alpha value is -1.27. The molecule has 0 unspecified atom stereocenters. The van der Waals surface area contributed by atoms with Crippen LogP contribution in [0.2, 0.25) is 0 Å². The van der Waals surface area contributed by atoms with E-state index in [1.807, 2.05) is 0 Å². The maximum atomic E-state index is 11.1. The fraction of sp³-hybridized carbons (Fsp3) is 0.750. The van der Waals surface area contributed by atoms with E-state index in [1.165, 1.54) is 6.42 Å². The molecule has 0 radical (unpaired) electrons. The molecule has 2 N–H and O–H groups in total. The highest BCUT2D eigenvalue weighted by Gasteiger charge is 2.50. The predicted molar refractivity (Wildman–Crippen MR) is 58.8 cm³/mol. The average molecular weight is 256 g/mol. The molecule has 1 aliphatic carbocycles. The van der Waals surface area contributed by atoms with Gasteiger partial charge >= 0.3 is 5.97 Å². The van der Waals surface area contributed by atoms with E-state index in [0.29, 0.717) is 0 Å². The second-order valence-electron chi connectivity index (χ2n) is 5.00. The summed E-state index contributed by atoms with van der Waals surface area (Å²) in [5.41, 5.74) is 0. The summed E-state index contributed by atoms with van der Waals surface area (Å²) < 4.78 is 16.4. The summed E-state index contributed by atoms with van der Waals surface area (Å²) in [6.07, 6.45) is 3.41. The molecule has 3 rings (SSSR count). The van der Waals surface area contributed by atoms with Crippen molar-refractivity contribution in [1.82, 2.24) is 0 Å². The molecule has 2 aliphatic heterocycles. The highest BCUT2D eigenvalue weighted by molar-refractivity contribution is 5.89. The van der Waals surface area contributed by atoms with Gasteiger partial charge in [-0.1, -0.05) is 6.42 Å². The van der Waals surface area contributed by atoms with E-state index in [-0.39, 0.29) is 6.61 Å². The zero-order valence-corrected chi connectivity index (χ0v) is 9.92. The second kappa shape index (κ2) is 4.13. The molecule has 0 aromatic carbocycles. The molecule has 2 fully saturated rings. The summed E-state index contributed by atoms with van der Waals surface area (Å²) in [6, 6.07) is 0. The molecule has 0 bridgehead atoms. The number of hydrogen-bond donors (Lipinski definition) is 2. The van der Waals surface area contributed by atoms with Gasteiger partial charge in [-0.15, -0.1) is 0 Å². The van der Waals surface area contributed by atoms with Crippen molar-refractivity contribution in [2.24, 2.45) is 0 Å².